The molecule has 0 amide bonds. The van der Waals surface area contributed by atoms with Gasteiger partial charge in [0.05, 0.1) is 12.7 Å². The molecule has 1 aromatic carbocycles. The van der Waals surface area contributed by atoms with Crippen LogP contribution in [0.3, 0.4) is 0 Å². The Morgan fingerprint density at radius 2 is 1.86 bits per heavy atom. The largest absolute Gasteiger partial charge is 0.497 e. The summed E-state index contributed by atoms with van der Waals surface area (Å²) in [5.74, 6) is 0.247. The minimum Gasteiger partial charge on any atom is -0.497 e. The van der Waals surface area contributed by atoms with Crippen molar-refractivity contribution in [2.75, 3.05) is 7.11 Å². The molecule has 78 valence electrons. The van der Waals surface area contributed by atoms with Gasteiger partial charge in [0.2, 0.25) is 0 Å². The molecule has 0 aliphatic carbocycles. The topological polar surface area (TPSA) is 9.23 Å². The summed E-state index contributed by atoms with van der Waals surface area (Å²) in [6.07, 6.45) is -3.75. The van der Waals surface area contributed by atoms with Crippen LogP contribution in [0.4, 0.5) is 13.2 Å². The molecule has 14 heavy (non-hydrogen) atoms. The van der Waals surface area contributed by atoms with Gasteiger partial charge < -0.3 is 4.74 Å². The summed E-state index contributed by atoms with van der Waals surface area (Å²) >= 11 is 0. The second-order valence-corrected chi connectivity index (χ2v) is 2.92. The quantitative estimate of drug-likeness (QED) is 0.718. The van der Waals surface area contributed by atoms with Gasteiger partial charge in [-0.2, -0.15) is 13.2 Å². The van der Waals surface area contributed by atoms with E-state index in [0.29, 0.717) is 12.0 Å². The molecule has 0 aliphatic heterocycles. The van der Waals surface area contributed by atoms with Gasteiger partial charge >= 0.3 is 6.18 Å². The SMILES string of the molecule is CCc1cc(OC)cc(C(F)(F)F)c1. The lowest BCUT2D eigenvalue weighted by Crippen LogP contribution is -2.06. The summed E-state index contributed by atoms with van der Waals surface area (Å²) < 4.78 is 41.9. The van der Waals surface area contributed by atoms with Crippen LogP contribution < -0.4 is 4.74 Å². The lowest BCUT2D eigenvalue weighted by Gasteiger charge is -2.10. The van der Waals surface area contributed by atoms with Gasteiger partial charge in [0, 0.05) is 0 Å². The summed E-state index contributed by atoms with van der Waals surface area (Å²) in [5, 5.41) is 0. The van der Waals surface area contributed by atoms with E-state index in [1.807, 2.05) is 0 Å². The van der Waals surface area contributed by atoms with Crippen LogP contribution in [-0.4, -0.2) is 7.11 Å². The molecule has 0 bridgehead atoms. The molecule has 0 saturated carbocycles. The predicted molar refractivity (Wildman–Crippen MR) is 47.4 cm³/mol. The van der Waals surface area contributed by atoms with E-state index in [-0.39, 0.29) is 5.75 Å². The van der Waals surface area contributed by atoms with Gasteiger partial charge in [-0.25, -0.2) is 0 Å². The van der Waals surface area contributed by atoms with Crippen LogP contribution in [-0.2, 0) is 12.6 Å². The van der Waals surface area contributed by atoms with Crippen molar-refractivity contribution < 1.29 is 17.9 Å². The highest BCUT2D eigenvalue weighted by atomic mass is 19.4. The average Bonchev–Trinajstić information content (AvgIpc) is 2.15. The Morgan fingerprint density at radius 1 is 1.21 bits per heavy atom. The van der Waals surface area contributed by atoms with E-state index in [0.717, 1.165) is 12.1 Å². The zero-order valence-electron chi connectivity index (χ0n) is 7.98. The third kappa shape index (κ3) is 2.40. The summed E-state index contributed by atoms with van der Waals surface area (Å²) in [6.45, 7) is 1.80. The normalized spacial score (nSPS) is 11.5. The molecule has 0 N–H and O–H groups in total. The summed E-state index contributed by atoms with van der Waals surface area (Å²) in [6, 6.07) is 3.75. The number of ether oxygens (including phenoxy) is 1. The Hall–Kier alpha value is -1.19. The molecule has 1 nitrogen and oxygen atoms in total. The lowest BCUT2D eigenvalue weighted by atomic mass is 10.1. The van der Waals surface area contributed by atoms with Gasteiger partial charge in [-0.1, -0.05) is 6.92 Å². The Bertz CT molecular complexity index is 295. The zero-order valence-corrected chi connectivity index (χ0v) is 7.98. The molecule has 0 spiro atoms. The van der Waals surface area contributed by atoms with Crippen LogP contribution in [0.2, 0.25) is 0 Å². The molecular formula is C10H11F3O. The second-order valence-electron chi connectivity index (χ2n) is 2.92. The first-order chi connectivity index (χ1) is 6.47. The second kappa shape index (κ2) is 3.90. The van der Waals surface area contributed by atoms with Crippen molar-refractivity contribution in [2.24, 2.45) is 0 Å². The van der Waals surface area contributed by atoms with Gasteiger partial charge in [0.25, 0.3) is 0 Å². The number of benzene rings is 1. The van der Waals surface area contributed by atoms with Crippen molar-refractivity contribution in [3.05, 3.63) is 29.3 Å². The van der Waals surface area contributed by atoms with E-state index in [1.165, 1.54) is 7.11 Å². The fourth-order valence-electron chi connectivity index (χ4n) is 1.15. The maximum Gasteiger partial charge on any atom is 0.416 e. The number of hydrogen-bond donors (Lipinski definition) is 0. The number of halogens is 3. The molecule has 0 fully saturated rings. The molecule has 0 heterocycles. The van der Waals surface area contributed by atoms with Crippen molar-refractivity contribution in [2.45, 2.75) is 19.5 Å². The van der Waals surface area contributed by atoms with Gasteiger partial charge in [-0.05, 0) is 30.2 Å². The molecule has 0 radical (unpaired) electrons. The van der Waals surface area contributed by atoms with Crippen molar-refractivity contribution in [3.63, 3.8) is 0 Å². The van der Waals surface area contributed by atoms with Crippen molar-refractivity contribution >= 4 is 0 Å². The first-order valence-electron chi connectivity index (χ1n) is 4.22. The van der Waals surface area contributed by atoms with E-state index < -0.39 is 11.7 Å². The Labute approximate surface area is 80.5 Å². The first-order valence-corrected chi connectivity index (χ1v) is 4.22. The molecule has 0 unspecified atom stereocenters. The van der Waals surface area contributed by atoms with Crippen LogP contribution >= 0.6 is 0 Å². The molecule has 1 aromatic rings. The van der Waals surface area contributed by atoms with Crippen LogP contribution in [0.25, 0.3) is 0 Å². The van der Waals surface area contributed by atoms with Gasteiger partial charge in [0.1, 0.15) is 5.75 Å². The number of rotatable bonds is 2. The molecule has 0 atom stereocenters. The van der Waals surface area contributed by atoms with Gasteiger partial charge in [-0.3, -0.25) is 0 Å². The minimum atomic E-state index is -4.31. The Balaban J connectivity index is 3.17. The fourth-order valence-corrected chi connectivity index (χ4v) is 1.15. The third-order valence-corrected chi connectivity index (χ3v) is 1.94. The maximum absolute atomic E-state index is 12.4. The van der Waals surface area contributed by atoms with E-state index in [1.54, 1.807) is 13.0 Å². The number of methoxy groups -OCH3 is 1. The maximum atomic E-state index is 12.4. The fraction of sp³-hybridized carbons (Fsp3) is 0.400. The highest BCUT2D eigenvalue weighted by Gasteiger charge is 2.31. The molecule has 4 heteroatoms. The number of aryl methyl sites for hydroxylation is 1. The molecule has 1 rings (SSSR count). The van der Waals surface area contributed by atoms with Crippen molar-refractivity contribution in [1.29, 1.82) is 0 Å². The Kier molecular flexibility index (Phi) is 3.03. The van der Waals surface area contributed by atoms with E-state index in [2.05, 4.69) is 0 Å². The van der Waals surface area contributed by atoms with E-state index in [4.69, 9.17) is 4.74 Å². The molecule has 0 saturated heterocycles. The van der Waals surface area contributed by atoms with Crippen LogP contribution in [0.15, 0.2) is 18.2 Å². The van der Waals surface area contributed by atoms with Gasteiger partial charge in [0.15, 0.2) is 0 Å². The van der Waals surface area contributed by atoms with Crippen LogP contribution in [0.1, 0.15) is 18.1 Å². The van der Waals surface area contributed by atoms with E-state index in [9.17, 15) is 13.2 Å². The highest BCUT2D eigenvalue weighted by molar-refractivity contribution is 5.35. The van der Waals surface area contributed by atoms with Crippen LogP contribution in [0, 0.1) is 0 Å². The smallest absolute Gasteiger partial charge is 0.416 e. The number of alkyl halides is 3. The van der Waals surface area contributed by atoms with Crippen LogP contribution in [0.5, 0.6) is 5.75 Å². The highest BCUT2D eigenvalue weighted by Crippen LogP contribution is 2.32. The standard InChI is InChI=1S/C10H11F3O/c1-3-7-4-8(10(11,12)13)6-9(5-7)14-2/h4-6H,3H2,1-2H3. The Morgan fingerprint density at radius 3 is 2.29 bits per heavy atom. The number of hydrogen-bond acceptors (Lipinski definition) is 1. The third-order valence-electron chi connectivity index (χ3n) is 1.94. The molecular weight excluding hydrogens is 193 g/mol. The summed E-state index contributed by atoms with van der Waals surface area (Å²) in [5.41, 5.74) is -0.0367. The zero-order chi connectivity index (χ0) is 10.8. The monoisotopic (exact) mass is 204 g/mol. The van der Waals surface area contributed by atoms with Gasteiger partial charge in [-0.15, -0.1) is 0 Å². The molecule has 0 aliphatic rings. The summed E-state index contributed by atoms with van der Waals surface area (Å²) in [7, 11) is 1.36. The lowest BCUT2D eigenvalue weighted by molar-refractivity contribution is -0.137. The summed E-state index contributed by atoms with van der Waals surface area (Å²) in [4.78, 5) is 0. The minimum absolute atomic E-state index is 0.247. The van der Waals surface area contributed by atoms with E-state index >= 15 is 0 Å². The first kappa shape index (κ1) is 10.9. The predicted octanol–water partition coefficient (Wildman–Crippen LogP) is 3.28. The average molecular weight is 204 g/mol. The molecule has 0 aromatic heterocycles. The van der Waals surface area contributed by atoms with Crippen molar-refractivity contribution in [1.82, 2.24) is 0 Å². The van der Waals surface area contributed by atoms with Crippen molar-refractivity contribution in [3.8, 4) is 5.75 Å².